The number of anilines is 1. The maximum Gasteiger partial charge on any atom is 0.342 e. The molecular formula is C21H24ClN3O4. The number of esters is 1. The zero-order chi connectivity index (χ0) is 21.7. The van der Waals surface area contributed by atoms with E-state index in [0.717, 1.165) is 16.8 Å². The SMILES string of the molecule is Cc1cc(C)c(C(=O)OCC(=O)N(C)CC(=O)Nc2c(C)cccc2C)c(Cl)n1. The summed E-state index contributed by atoms with van der Waals surface area (Å²) in [6.45, 7) is 6.58. The van der Waals surface area contributed by atoms with Crippen molar-refractivity contribution in [2.45, 2.75) is 27.7 Å². The fourth-order valence-electron chi connectivity index (χ4n) is 2.84. The topological polar surface area (TPSA) is 88.6 Å². The van der Waals surface area contributed by atoms with Crippen molar-refractivity contribution in [2.75, 3.05) is 25.5 Å². The molecule has 1 aromatic heterocycles. The third-order valence-corrected chi connectivity index (χ3v) is 4.66. The van der Waals surface area contributed by atoms with Crippen LogP contribution in [0, 0.1) is 27.7 Å². The fourth-order valence-corrected chi connectivity index (χ4v) is 3.20. The van der Waals surface area contributed by atoms with Gasteiger partial charge in [0.05, 0.1) is 12.1 Å². The van der Waals surface area contributed by atoms with Crippen LogP contribution in [0.2, 0.25) is 5.15 Å². The van der Waals surface area contributed by atoms with Crippen molar-refractivity contribution in [3.05, 3.63) is 57.4 Å². The number of hydrogen-bond donors (Lipinski definition) is 1. The fraction of sp³-hybridized carbons (Fsp3) is 0.333. The summed E-state index contributed by atoms with van der Waals surface area (Å²) in [7, 11) is 1.46. The molecule has 0 radical (unpaired) electrons. The molecule has 0 saturated heterocycles. The van der Waals surface area contributed by atoms with Gasteiger partial charge in [-0.25, -0.2) is 9.78 Å². The summed E-state index contributed by atoms with van der Waals surface area (Å²) in [6.07, 6.45) is 0. The monoisotopic (exact) mass is 417 g/mol. The lowest BCUT2D eigenvalue weighted by Crippen LogP contribution is -2.37. The summed E-state index contributed by atoms with van der Waals surface area (Å²) in [6, 6.07) is 7.39. The van der Waals surface area contributed by atoms with E-state index >= 15 is 0 Å². The minimum atomic E-state index is -0.735. The Morgan fingerprint density at radius 3 is 2.31 bits per heavy atom. The molecule has 7 nitrogen and oxygen atoms in total. The van der Waals surface area contributed by atoms with Gasteiger partial charge < -0.3 is 15.0 Å². The molecule has 0 spiro atoms. The summed E-state index contributed by atoms with van der Waals surface area (Å²) < 4.78 is 5.06. The largest absolute Gasteiger partial charge is 0.452 e. The van der Waals surface area contributed by atoms with Gasteiger partial charge in [-0.15, -0.1) is 0 Å². The summed E-state index contributed by atoms with van der Waals surface area (Å²) in [5, 5.41) is 2.84. The summed E-state index contributed by atoms with van der Waals surface area (Å²) in [5.41, 5.74) is 4.00. The highest BCUT2D eigenvalue weighted by Gasteiger charge is 2.20. The highest BCUT2D eigenvalue weighted by molar-refractivity contribution is 6.32. The van der Waals surface area contributed by atoms with Crippen LogP contribution < -0.4 is 5.32 Å². The second-order valence-electron chi connectivity index (χ2n) is 6.89. The molecule has 0 bridgehead atoms. The van der Waals surface area contributed by atoms with Crippen LogP contribution in [0.5, 0.6) is 0 Å². The van der Waals surface area contributed by atoms with Gasteiger partial charge in [0.15, 0.2) is 6.61 Å². The van der Waals surface area contributed by atoms with Crippen LogP contribution in [0.1, 0.15) is 32.7 Å². The van der Waals surface area contributed by atoms with Gasteiger partial charge in [0.25, 0.3) is 5.91 Å². The molecule has 8 heteroatoms. The van der Waals surface area contributed by atoms with Crippen LogP contribution >= 0.6 is 11.6 Å². The number of nitrogens with zero attached hydrogens (tertiary/aromatic N) is 2. The highest BCUT2D eigenvalue weighted by Crippen LogP contribution is 2.20. The molecule has 0 aliphatic carbocycles. The van der Waals surface area contributed by atoms with Crippen molar-refractivity contribution in [3.8, 4) is 0 Å². The maximum atomic E-state index is 12.3. The molecule has 154 valence electrons. The number of hydrogen-bond acceptors (Lipinski definition) is 5. The Hall–Kier alpha value is -2.93. The van der Waals surface area contributed by atoms with Gasteiger partial charge in [-0.2, -0.15) is 0 Å². The number of carbonyl (C=O) groups is 3. The van der Waals surface area contributed by atoms with Gasteiger partial charge in [-0.1, -0.05) is 29.8 Å². The molecule has 1 N–H and O–H groups in total. The third kappa shape index (κ3) is 5.77. The maximum absolute atomic E-state index is 12.3. The molecule has 0 aliphatic heterocycles. The quantitative estimate of drug-likeness (QED) is 0.575. The molecule has 2 aromatic rings. The number of benzene rings is 1. The lowest BCUT2D eigenvalue weighted by atomic mass is 10.1. The van der Waals surface area contributed by atoms with Crippen molar-refractivity contribution >= 4 is 35.1 Å². The van der Waals surface area contributed by atoms with Crippen LogP contribution in [-0.2, 0) is 14.3 Å². The van der Waals surface area contributed by atoms with Crippen LogP contribution in [0.3, 0.4) is 0 Å². The van der Waals surface area contributed by atoms with Crippen LogP contribution in [-0.4, -0.2) is 47.9 Å². The summed E-state index contributed by atoms with van der Waals surface area (Å²) >= 11 is 6.02. The average molecular weight is 418 g/mol. The van der Waals surface area contributed by atoms with Crippen LogP contribution in [0.25, 0.3) is 0 Å². The van der Waals surface area contributed by atoms with E-state index in [0.29, 0.717) is 11.3 Å². The van der Waals surface area contributed by atoms with Crippen molar-refractivity contribution in [1.29, 1.82) is 0 Å². The zero-order valence-corrected chi connectivity index (χ0v) is 17.9. The molecule has 0 saturated carbocycles. The first kappa shape index (κ1) is 22.4. The number of likely N-dealkylation sites (N-methyl/N-ethyl adjacent to an activating group) is 1. The van der Waals surface area contributed by atoms with E-state index in [1.807, 2.05) is 32.0 Å². The van der Waals surface area contributed by atoms with E-state index in [1.165, 1.54) is 11.9 Å². The smallest absolute Gasteiger partial charge is 0.342 e. The highest BCUT2D eigenvalue weighted by atomic mass is 35.5. The van der Waals surface area contributed by atoms with Crippen molar-refractivity contribution in [3.63, 3.8) is 0 Å². The van der Waals surface area contributed by atoms with Crippen LogP contribution in [0.15, 0.2) is 24.3 Å². The molecule has 1 heterocycles. The molecule has 29 heavy (non-hydrogen) atoms. The second-order valence-corrected chi connectivity index (χ2v) is 7.25. The summed E-state index contributed by atoms with van der Waals surface area (Å²) in [5.74, 6) is -1.59. The zero-order valence-electron chi connectivity index (χ0n) is 17.1. The standard InChI is InChI=1S/C21H24ClN3O4/c1-12-7-6-8-13(2)19(12)24-16(26)10-25(5)17(27)11-29-21(28)18-14(3)9-15(4)23-20(18)22/h6-9H,10-11H2,1-5H3,(H,24,26). The number of carbonyl (C=O) groups excluding carboxylic acids is 3. The minimum absolute atomic E-state index is 0.0290. The third-order valence-electron chi connectivity index (χ3n) is 4.38. The molecule has 1 aromatic carbocycles. The Morgan fingerprint density at radius 2 is 1.72 bits per heavy atom. The first-order valence-corrected chi connectivity index (χ1v) is 9.38. The van der Waals surface area contributed by atoms with E-state index < -0.39 is 18.5 Å². The number of nitrogens with one attached hydrogen (secondary N) is 1. The Labute approximate surface area is 175 Å². The van der Waals surface area contributed by atoms with Crippen LogP contribution in [0.4, 0.5) is 5.69 Å². The predicted molar refractivity (Wildman–Crippen MR) is 111 cm³/mol. The van der Waals surface area contributed by atoms with Crippen molar-refractivity contribution in [2.24, 2.45) is 0 Å². The lowest BCUT2D eigenvalue weighted by Gasteiger charge is -2.18. The number of amides is 2. The molecule has 0 unspecified atom stereocenters. The van der Waals surface area contributed by atoms with Gasteiger partial charge in [-0.05, 0) is 50.5 Å². The van der Waals surface area contributed by atoms with Gasteiger partial charge in [0.2, 0.25) is 5.91 Å². The number of aromatic nitrogens is 1. The van der Waals surface area contributed by atoms with Crippen molar-refractivity contribution in [1.82, 2.24) is 9.88 Å². The van der Waals surface area contributed by atoms with E-state index in [4.69, 9.17) is 16.3 Å². The average Bonchev–Trinajstić information content (AvgIpc) is 2.62. The predicted octanol–water partition coefficient (Wildman–Crippen LogP) is 3.22. The lowest BCUT2D eigenvalue weighted by molar-refractivity contribution is -0.136. The van der Waals surface area contributed by atoms with E-state index in [9.17, 15) is 14.4 Å². The number of halogens is 1. The molecule has 2 rings (SSSR count). The van der Waals surface area contributed by atoms with E-state index in [2.05, 4.69) is 10.3 Å². The number of pyridine rings is 1. The minimum Gasteiger partial charge on any atom is -0.452 e. The Kier molecular flexibility index (Phi) is 7.34. The first-order valence-electron chi connectivity index (χ1n) is 9.01. The molecule has 2 amide bonds. The van der Waals surface area contributed by atoms with Gasteiger partial charge >= 0.3 is 5.97 Å². The number of rotatable bonds is 6. The first-order chi connectivity index (χ1) is 13.6. The molecule has 0 atom stereocenters. The summed E-state index contributed by atoms with van der Waals surface area (Å²) in [4.78, 5) is 42.0. The second kappa shape index (κ2) is 9.52. The number of aryl methyl sites for hydroxylation is 4. The van der Waals surface area contributed by atoms with Gasteiger partial charge in [0.1, 0.15) is 5.15 Å². The molecular weight excluding hydrogens is 394 g/mol. The van der Waals surface area contributed by atoms with Gasteiger partial charge in [0, 0.05) is 18.4 Å². The Bertz CT molecular complexity index is 916. The van der Waals surface area contributed by atoms with Crippen molar-refractivity contribution < 1.29 is 19.1 Å². The van der Waals surface area contributed by atoms with Gasteiger partial charge in [-0.3, -0.25) is 9.59 Å². The number of ether oxygens (including phenoxy) is 1. The molecule has 0 aliphatic rings. The van der Waals surface area contributed by atoms with E-state index in [-0.39, 0.29) is 23.2 Å². The Balaban J connectivity index is 1.92. The molecule has 0 fully saturated rings. The van der Waals surface area contributed by atoms with E-state index in [1.54, 1.807) is 19.9 Å². The number of para-hydroxylation sites is 1. The normalized spacial score (nSPS) is 10.4. The Morgan fingerprint density at radius 1 is 1.10 bits per heavy atom.